The summed E-state index contributed by atoms with van der Waals surface area (Å²) in [5.41, 5.74) is 7.35. The molecule has 1 aliphatic heterocycles. The lowest BCUT2D eigenvalue weighted by Crippen LogP contribution is -2.24. The number of nitrogens with two attached hydrogens (primary N) is 1. The Morgan fingerprint density at radius 1 is 1.10 bits per heavy atom. The molecule has 3 rings (SSSR count). The molecule has 0 aliphatic carbocycles. The molecule has 0 amide bonds. The van der Waals surface area contributed by atoms with Crippen LogP contribution in [0.3, 0.4) is 0 Å². The number of benzene rings is 2. The van der Waals surface area contributed by atoms with Crippen LogP contribution in [0.4, 0.5) is 8.78 Å². The van der Waals surface area contributed by atoms with Crippen LogP contribution in [0.15, 0.2) is 36.4 Å². The van der Waals surface area contributed by atoms with Gasteiger partial charge in [-0.2, -0.15) is 0 Å². The molecule has 0 bridgehead atoms. The molecule has 1 unspecified atom stereocenters. The first-order valence-electron chi connectivity index (χ1n) is 6.20. The van der Waals surface area contributed by atoms with Crippen molar-refractivity contribution in [2.75, 3.05) is 0 Å². The number of ether oxygens (including phenoxy) is 1. The zero-order valence-corrected chi connectivity index (χ0v) is 11.2. The van der Waals surface area contributed by atoms with E-state index in [0.29, 0.717) is 22.8 Å². The van der Waals surface area contributed by atoms with Crippen molar-refractivity contribution in [2.24, 2.45) is 5.73 Å². The lowest BCUT2D eigenvalue weighted by molar-refractivity contribution is 0.161. The van der Waals surface area contributed by atoms with Gasteiger partial charge >= 0.3 is 0 Å². The van der Waals surface area contributed by atoms with Gasteiger partial charge in [0.05, 0.1) is 0 Å². The Hall–Kier alpha value is -1.65. The largest absolute Gasteiger partial charge is 0.485 e. The summed E-state index contributed by atoms with van der Waals surface area (Å²) >= 11 is 5.93. The predicted molar refractivity (Wildman–Crippen MR) is 72.7 cm³/mol. The summed E-state index contributed by atoms with van der Waals surface area (Å²) in [6.45, 7) is 0. The Morgan fingerprint density at radius 3 is 2.50 bits per heavy atom. The fourth-order valence-corrected chi connectivity index (χ4v) is 2.62. The summed E-state index contributed by atoms with van der Waals surface area (Å²) in [6.07, 6.45) is -0.0279. The SMILES string of the molecule is N[C@H]1CC(c2cc(F)cc(F)c2)Oc2ccc(Cl)cc21. The van der Waals surface area contributed by atoms with Crippen molar-refractivity contribution in [3.63, 3.8) is 0 Å². The summed E-state index contributed by atoms with van der Waals surface area (Å²) in [5.74, 6) is -0.652. The molecule has 0 saturated heterocycles. The van der Waals surface area contributed by atoms with Gasteiger partial charge in [-0.15, -0.1) is 0 Å². The monoisotopic (exact) mass is 295 g/mol. The van der Waals surface area contributed by atoms with E-state index >= 15 is 0 Å². The van der Waals surface area contributed by atoms with Crippen LogP contribution in [0.5, 0.6) is 5.75 Å². The van der Waals surface area contributed by atoms with E-state index < -0.39 is 17.7 Å². The highest BCUT2D eigenvalue weighted by Gasteiger charge is 2.27. The normalized spacial score (nSPS) is 21.2. The Morgan fingerprint density at radius 2 is 1.80 bits per heavy atom. The molecule has 2 nitrogen and oxygen atoms in total. The second-order valence-electron chi connectivity index (χ2n) is 4.83. The fraction of sp³-hybridized carbons (Fsp3) is 0.200. The van der Waals surface area contributed by atoms with Gasteiger partial charge in [-0.3, -0.25) is 0 Å². The third-order valence-corrected chi connectivity index (χ3v) is 3.60. The molecule has 0 radical (unpaired) electrons. The summed E-state index contributed by atoms with van der Waals surface area (Å²) in [6, 6.07) is 8.25. The third-order valence-electron chi connectivity index (χ3n) is 3.37. The maximum atomic E-state index is 13.3. The number of hydrogen-bond donors (Lipinski definition) is 1. The average Bonchev–Trinajstić information content (AvgIpc) is 2.38. The van der Waals surface area contributed by atoms with Crippen LogP contribution in [0, 0.1) is 11.6 Å². The standard InChI is InChI=1S/C15H12ClF2NO/c16-9-1-2-14-12(5-9)13(19)7-15(20-14)8-3-10(17)6-11(18)4-8/h1-6,13,15H,7,19H2/t13-,15?/m0/s1. The predicted octanol–water partition coefficient (Wildman–Crippen LogP) is 4.14. The van der Waals surface area contributed by atoms with E-state index in [1.54, 1.807) is 18.2 Å². The zero-order chi connectivity index (χ0) is 14.3. The van der Waals surface area contributed by atoms with Gasteiger partial charge in [0.2, 0.25) is 0 Å². The van der Waals surface area contributed by atoms with Gasteiger partial charge in [-0.1, -0.05) is 11.6 Å². The quantitative estimate of drug-likeness (QED) is 0.858. The van der Waals surface area contributed by atoms with Gasteiger partial charge in [-0.25, -0.2) is 8.78 Å². The van der Waals surface area contributed by atoms with E-state index in [-0.39, 0.29) is 6.04 Å². The molecule has 2 aromatic rings. The molecule has 20 heavy (non-hydrogen) atoms. The van der Waals surface area contributed by atoms with Crippen molar-refractivity contribution >= 4 is 11.6 Å². The van der Waals surface area contributed by atoms with Gasteiger partial charge < -0.3 is 10.5 Å². The molecule has 1 heterocycles. The molecule has 0 fully saturated rings. The molecular weight excluding hydrogens is 284 g/mol. The van der Waals surface area contributed by atoms with Crippen LogP contribution < -0.4 is 10.5 Å². The molecule has 0 aromatic heterocycles. The molecule has 2 aromatic carbocycles. The molecule has 2 N–H and O–H groups in total. The average molecular weight is 296 g/mol. The van der Waals surface area contributed by atoms with Gasteiger partial charge in [0, 0.05) is 29.1 Å². The summed E-state index contributed by atoms with van der Waals surface area (Å²) in [4.78, 5) is 0. The molecule has 1 aliphatic rings. The van der Waals surface area contributed by atoms with Gasteiger partial charge in [0.1, 0.15) is 23.5 Å². The van der Waals surface area contributed by atoms with E-state index in [1.807, 2.05) is 0 Å². The van der Waals surface area contributed by atoms with Crippen molar-refractivity contribution in [1.82, 2.24) is 0 Å². The van der Waals surface area contributed by atoms with Crippen molar-refractivity contribution in [2.45, 2.75) is 18.6 Å². The minimum absolute atomic E-state index is 0.284. The first kappa shape index (κ1) is 13.3. The van der Waals surface area contributed by atoms with Gasteiger partial charge in [0.25, 0.3) is 0 Å². The maximum Gasteiger partial charge on any atom is 0.126 e. The van der Waals surface area contributed by atoms with Crippen LogP contribution in [-0.2, 0) is 0 Å². The van der Waals surface area contributed by atoms with Crippen LogP contribution >= 0.6 is 11.6 Å². The number of halogens is 3. The molecule has 104 valence electrons. The van der Waals surface area contributed by atoms with Crippen LogP contribution in [0.1, 0.15) is 29.7 Å². The summed E-state index contributed by atoms with van der Waals surface area (Å²) in [7, 11) is 0. The number of hydrogen-bond acceptors (Lipinski definition) is 2. The van der Waals surface area contributed by atoms with Gasteiger partial charge in [-0.05, 0) is 35.9 Å². The van der Waals surface area contributed by atoms with Crippen molar-refractivity contribution in [3.05, 3.63) is 64.2 Å². The fourth-order valence-electron chi connectivity index (χ4n) is 2.44. The van der Waals surface area contributed by atoms with Crippen molar-refractivity contribution in [1.29, 1.82) is 0 Å². The Bertz CT molecular complexity index is 642. The molecule has 2 atom stereocenters. The highest BCUT2D eigenvalue weighted by molar-refractivity contribution is 6.30. The molecule has 0 spiro atoms. The minimum Gasteiger partial charge on any atom is -0.485 e. The minimum atomic E-state index is -0.626. The van der Waals surface area contributed by atoms with E-state index in [4.69, 9.17) is 22.1 Å². The number of fused-ring (bicyclic) bond motifs is 1. The smallest absolute Gasteiger partial charge is 0.126 e. The van der Waals surface area contributed by atoms with Crippen LogP contribution in [0.25, 0.3) is 0 Å². The van der Waals surface area contributed by atoms with Crippen LogP contribution in [-0.4, -0.2) is 0 Å². The van der Waals surface area contributed by atoms with E-state index in [9.17, 15) is 8.78 Å². The highest BCUT2D eigenvalue weighted by atomic mass is 35.5. The Labute approximate surface area is 120 Å². The molecule has 0 saturated carbocycles. The van der Waals surface area contributed by atoms with Crippen molar-refractivity contribution < 1.29 is 13.5 Å². The summed E-state index contributed by atoms with van der Waals surface area (Å²) < 4.78 is 32.4. The first-order valence-corrected chi connectivity index (χ1v) is 6.58. The Balaban J connectivity index is 1.96. The topological polar surface area (TPSA) is 35.2 Å². The molecule has 5 heteroatoms. The second kappa shape index (κ2) is 5.04. The lowest BCUT2D eigenvalue weighted by atomic mass is 9.93. The molecular formula is C15H12ClF2NO. The van der Waals surface area contributed by atoms with Crippen LogP contribution in [0.2, 0.25) is 5.02 Å². The lowest BCUT2D eigenvalue weighted by Gasteiger charge is -2.30. The summed E-state index contributed by atoms with van der Waals surface area (Å²) in [5, 5.41) is 0.582. The highest BCUT2D eigenvalue weighted by Crippen LogP contribution is 2.40. The first-order chi connectivity index (χ1) is 9.52. The van der Waals surface area contributed by atoms with Crippen molar-refractivity contribution in [3.8, 4) is 5.75 Å². The zero-order valence-electron chi connectivity index (χ0n) is 10.4. The Kier molecular flexibility index (Phi) is 3.36. The maximum absolute atomic E-state index is 13.3. The van der Waals surface area contributed by atoms with E-state index in [0.717, 1.165) is 11.6 Å². The van der Waals surface area contributed by atoms with E-state index in [1.165, 1.54) is 12.1 Å². The second-order valence-corrected chi connectivity index (χ2v) is 5.27. The number of rotatable bonds is 1. The van der Waals surface area contributed by atoms with E-state index in [2.05, 4.69) is 0 Å². The van der Waals surface area contributed by atoms with Gasteiger partial charge in [0.15, 0.2) is 0 Å². The third kappa shape index (κ3) is 2.49.